The third kappa shape index (κ3) is 3.70. The first kappa shape index (κ1) is 14.8. The number of rotatable bonds is 2. The molecular weight excluding hydrogens is 440 g/mol. The minimum atomic E-state index is -0.136. The molecule has 1 amide bonds. The Hall–Kier alpha value is -0.590. The molecule has 0 unspecified atom stereocenters. The van der Waals surface area contributed by atoms with Crippen LogP contribution in [0.15, 0.2) is 40.9 Å². The molecular formula is C14H10BrClINO. The van der Waals surface area contributed by atoms with Crippen LogP contribution in [0.2, 0.25) is 5.02 Å². The van der Waals surface area contributed by atoms with Gasteiger partial charge in [0.15, 0.2) is 0 Å². The van der Waals surface area contributed by atoms with E-state index in [1.165, 1.54) is 0 Å². The van der Waals surface area contributed by atoms with Gasteiger partial charge in [-0.3, -0.25) is 4.79 Å². The zero-order valence-electron chi connectivity index (χ0n) is 10.0. The zero-order valence-corrected chi connectivity index (χ0v) is 14.5. The first-order valence-corrected chi connectivity index (χ1v) is 7.75. The summed E-state index contributed by atoms with van der Waals surface area (Å²) in [6.45, 7) is 2.00. The molecule has 1 N–H and O–H groups in total. The highest BCUT2D eigenvalue weighted by Gasteiger charge is 2.10. The van der Waals surface area contributed by atoms with Crippen LogP contribution in [0.5, 0.6) is 0 Å². The number of halogens is 3. The number of carbonyl (C=O) groups excluding carboxylic acids is 1. The predicted molar refractivity (Wildman–Crippen MR) is 91.0 cm³/mol. The molecule has 0 atom stereocenters. The molecule has 0 spiro atoms. The predicted octanol–water partition coefficient (Wildman–Crippen LogP) is 5.27. The lowest BCUT2D eigenvalue weighted by Crippen LogP contribution is -2.13. The standard InChI is InChI=1S/C14H10BrClINO/c1-8-2-4-10(13(17)6-8)14(19)18-9-3-5-11(15)12(16)7-9/h2-7H,1H3,(H,18,19). The molecule has 0 aliphatic heterocycles. The highest BCUT2D eigenvalue weighted by Crippen LogP contribution is 2.26. The van der Waals surface area contributed by atoms with Gasteiger partial charge in [0.1, 0.15) is 0 Å². The van der Waals surface area contributed by atoms with Crippen molar-refractivity contribution >= 4 is 61.7 Å². The lowest BCUT2D eigenvalue weighted by molar-refractivity contribution is 0.102. The van der Waals surface area contributed by atoms with E-state index in [4.69, 9.17) is 11.6 Å². The van der Waals surface area contributed by atoms with Crippen molar-refractivity contribution in [1.82, 2.24) is 0 Å². The molecule has 5 heteroatoms. The van der Waals surface area contributed by atoms with Crippen molar-refractivity contribution in [3.05, 3.63) is 60.6 Å². The van der Waals surface area contributed by atoms with Gasteiger partial charge in [0, 0.05) is 13.7 Å². The highest BCUT2D eigenvalue weighted by atomic mass is 127. The molecule has 2 aromatic carbocycles. The summed E-state index contributed by atoms with van der Waals surface area (Å²) < 4.78 is 1.73. The van der Waals surface area contributed by atoms with E-state index in [2.05, 4.69) is 43.8 Å². The summed E-state index contributed by atoms with van der Waals surface area (Å²) >= 11 is 11.5. The molecule has 0 saturated carbocycles. The van der Waals surface area contributed by atoms with E-state index < -0.39 is 0 Å². The maximum Gasteiger partial charge on any atom is 0.256 e. The molecule has 0 saturated heterocycles. The largest absolute Gasteiger partial charge is 0.322 e. The van der Waals surface area contributed by atoms with Crippen LogP contribution in [0, 0.1) is 10.5 Å². The second kappa shape index (κ2) is 6.24. The lowest BCUT2D eigenvalue weighted by Gasteiger charge is -2.08. The van der Waals surface area contributed by atoms with Gasteiger partial charge in [-0.1, -0.05) is 23.2 Å². The van der Waals surface area contributed by atoms with Gasteiger partial charge >= 0.3 is 0 Å². The van der Waals surface area contributed by atoms with Crippen molar-refractivity contribution in [1.29, 1.82) is 0 Å². The van der Waals surface area contributed by atoms with Gasteiger partial charge in [0.05, 0.1) is 10.6 Å². The molecule has 0 bridgehead atoms. The van der Waals surface area contributed by atoms with Crippen LogP contribution in [-0.2, 0) is 0 Å². The van der Waals surface area contributed by atoms with E-state index in [1.54, 1.807) is 18.2 Å². The maximum atomic E-state index is 12.2. The molecule has 2 aromatic rings. The molecule has 19 heavy (non-hydrogen) atoms. The van der Waals surface area contributed by atoms with Crippen LogP contribution in [0.4, 0.5) is 5.69 Å². The number of aryl methyl sites for hydroxylation is 1. The van der Waals surface area contributed by atoms with Crippen LogP contribution < -0.4 is 5.32 Å². The maximum absolute atomic E-state index is 12.2. The van der Waals surface area contributed by atoms with Crippen molar-refractivity contribution in [2.75, 3.05) is 5.32 Å². The number of amides is 1. The van der Waals surface area contributed by atoms with E-state index in [1.807, 2.05) is 25.1 Å². The summed E-state index contributed by atoms with van der Waals surface area (Å²) in [5.74, 6) is -0.136. The van der Waals surface area contributed by atoms with Gasteiger partial charge in [-0.15, -0.1) is 0 Å². The Balaban J connectivity index is 2.23. The Labute approximate surface area is 138 Å². The van der Waals surface area contributed by atoms with Crippen molar-refractivity contribution in [3.63, 3.8) is 0 Å². The van der Waals surface area contributed by atoms with Crippen LogP contribution in [0.25, 0.3) is 0 Å². The fraction of sp³-hybridized carbons (Fsp3) is 0.0714. The Morgan fingerprint density at radius 2 is 2.00 bits per heavy atom. The van der Waals surface area contributed by atoms with Crippen LogP contribution in [-0.4, -0.2) is 5.91 Å². The first-order valence-electron chi connectivity index (χ1n) is 5.50. The van der Waals surface area contributed by atoms with Crippen molar-refractivity contribution in [2.24, 2.45) is 0 Å². The number of hydrogen-bond acceptors (Lipinski definition) is 1. The van der Waals surface area contributed by atoms with E-state index in [9.17, 15) is 4.79 Å². The van der Waals surface area contributed by atoms with Crippen LogP contribution in [0.1, 0.15) is 15.9 Å². The van der Waals surface area contributed by atoms with Crippen molar-refractivity contribution in [2.45, 2.75) is 6.92 Å². The highest BCUT2D eigenvalue weighted by molar-refractivity contribution is 14.1. The van der Waals surface area contributed by atoms with Gasteiger partial charge in [-0.2, -0.15) is 0 Å². The van der Waals surface area contributed by atoms with Gasteiger partial charge < -0.3 is 5.32 Å². The summed E-state index contributed by atoms with van der Waals surface area (Å²) in [7, 11) is 0. The third-order valence-corrected chi connectivity index (χ3v) is 4.67. The normalized spacial score (nSPS) is 10.3. The average Bonchev–Trinajstić information content (AvgIpc) is 2.33. The quantitative estimate of drug-likeness (QED) is 0.621. The van der Waals surface area contributed by atoms with E-state index in [0.29, 0.717) is 16.3 Å². The van der Waals surface area contributed by atoms with Crippen LogP contribution >= 0.6 is 50.1 Å². The number of nitrogens with one attached hydrogen (secondary N) is 1. The minimum absolute atomic E-state index is 0.136. The zero-order chi connectivity index (χ0) is 14.0. The summed E-state index contributed by atoms with van der Waals surface area (Å²) in [6.07, 6.45) is 0. The monoisotopic (exact) mass is 449 g/mol. The molecule has 98 valence electrons. The lowest BCUT2D eigenvalue weighted by atomic mass is 10.1. The molecule has 0 heterocycles. The Bertz CT molecular complexity index is 645. The Morgan fingerprint density at radius 1 is 1.26 bits per heavy atom. The van der Waals surface area contributed by atoms with Crippen LogP contribution in [0.3, 0.4) is 0 Å². The number of carbonyl (C=O) groups is 1. The summed E-state index contributed by atoms with van der Waals surface area (Å²) in [6, 6.07) is 11.0. The van der Waals surface area contributed by atoms with Gasteiger partial charge in [-0.25, -0.2) is 0 Å². The number of benzene rings is 2. The minimum Gasteiger partial charge on any atom is -0.322 e. The van der Waals surface area contributed by atoms with Gasteiger partial charge in [-0.05, 0) is 75.8 Å². The molecule has 0 fully saturated rings. The Morgan fingerprint density at radius 3 is 2.63 bits per heavy atom. The first-order chi connectivity index (χ1) is 8.97. The molecule has 0 aliphatic carbocycles. The number of hydrogen-bond donors (Lipinski definition) is 1. The fourth-order valence-corrected chi connectivity index (χ4v) is 2.92. The van der Waals surface area contributed by atoms with Crippen molar-refractivity contribution < 1.29 is 4.79 Å². The summed E-state index contributed by atoms with van der Waals surface area (Å²) in [4.78, 5) is 12.2. The third-order valence-electron chi connectivity index (χ3n) is 2.55. The molecule has 2 rings (SSSR count). The number of anilines is 1. The van der Waals surface area contributed by atoms with E-state index >= 15 is 0 Å². The second-order valence-electron chi connectivity index (χ2n) is 4.07. The van der Waals surface area contributed by atoms with Gasteiger partial charge in [0.2, 0.25) is 0 Å². The SMILES string of the molecule is Cc1ccc(C(=O)Nc2ccc(Br)c(Cl)c2)c(I)c1. The Kier molecular flexibility index (Phi) is 4.86. The smallest absolute Gasteiger partial charge is 0.256 e. The fourth-order valence-electron chi connectivity index (χ4n) is 1.58. The summed E-state index contributed by atoms with van der Waals surface area (Å²) in [5.41, 5.74) is 2.47. The average molecular weight is 451 g/mol. The van der Waals surface area contributed by atoms with E-state index in [0.717, 1.165) is 13.6 Å². The molecule has 0 aliphatic rings. The second-order valence-corrected chi connectivity index (χ2v) is 6.49. The van der Waals surface area contributed by atoms with E-state index in [-0.39, 0.29) is 5.91 Å². The molecule has 0 radical (unpaired) electrons. The topological polar surface area (TPSA) is 29.1 Å². The summed E-state index contributed by atoms with van der Waals surface area (Å²) in [5, 5.41) is 3.40. The van der Waals surface area contributed by atoms with Gasteiger partial charge in [0.25, 0.3) is 5.91 Å². The molecule has 2 nitrogen and oxygen atoms in total. The molecule has 0 aromatic heterocycles. The van der Waals surface area contributed by atoms with Crippen molar-refractivity contribution in [3.8, 4) is 0 Å².